The van der Waals surface area contributed by atoms with E-state index in [-0.39, 0.29) is 36.9 Å². The first-order chi connectivity index (χ1) is 18.2. The fourth-order valence-electron chi connectivity index (χ4n) is 7.17. The Morgan fingerprint density at radius 2 is 1.71 bits per heavy atom. The molecule has 3 atom stereocenters. The van der Waals surface area contributed by atoms with Crippen molar-refractivity contribution in [2.45, 2.75) is 102 Å². The van der Waals surface area contributed by atoms with E-state index in [9.17, 15) is 22.4 Å². The number of alkyl halides is 4. The Kier molecular flexibility index (Phi) is 7.90. The zero-order valence-electron chi connectivity index (χ0n) is 22.1. The molecule has 0 amide bonds. The first-order valence-electron chi connectivity index (χ1n) is 13.9. The summed E-state index contributed by atoms with van der Waals surface area (Å²) in [6, 6.07) is 10.6. The Balaban J connectivity index is 1.33. The summed E-state index contributed by atoms with van der Waals surface area (Å²) in [6.45, 7) is 1.50. The molecule has 2 saturated heterocycles. The number of esters is 1. The van der Waals surface area contributed by atoms with E-state index in [1.807, 2.05) is 18.2 Å². The minimum absolute atomic E-state index is 0.0376. The van der Waals surface area contributed by atoms with Gasteiger partial charge >= 0.3 is 12.1 Å². The smallest absolute Gasteiger partial charge is 0.391 e. The molecule has 2 heterocycles. The second kappa shape index (κ2) is 11.0. The van der Waals surface area contributed by atoms with Crippen molar-refractivity contribution in [3.05, 3.63) is 41.5 Å². The summed E-state index contributed by atoms with van der Waals surface area (Å²) in [5, 5.41) is 1.69. The topological polar surface area (TPSA) is 38.8 Å². The molecule has 4 nitrogen and oxygen atoms in total. The lowest BCUT2D eigenvalue weighted by atomic mass is 9.77. The predicted octanol–water partition coefficient (Wildman–Crippen LogP) is 7.68. The number of ether oxygens (including phenoxy) is 2. The number of halogens is 4. The molecule has 8 heteroatoms. The lowest BCUT2D eigenvalue weighted by Gasteiger charge is -2.51. The summed E-state index contributed by atoms with van der Waals surface area (Å²) < 4.78 is 64.4. The first-order valence-corrected chi connectivity index (χ1v) is 13.9. The van der Waals surface area contributed by atoms with Crippen molar-refractivity contribution in [1.82, 2.24) is 4.90 Å². The van der Waals surface area contributed by atoms with Crippen molar-refractivity contribution in [3.8, 4) is 5.75 Å². The van der Waals surface area contributed by atoms with Gasteiger partial charge in [0.05, 0.1) is 25.0 Å². The predicted molar refractivity (Wildman–Crippen MR) is 138 cm³/mol. The molecule has 3 unspecified atom stereocenters. The van der Waals surface area contributed by atoms with Crippen LogP contribution in [0.4, 0.5) is 17.6 Å². The summed E-state index contributed by atoms with van der Waals surface area (Å²) in [6.07, 6.45) is 1.19. The molecule has 2 aromatic carbocycles. The Bertz CT molecular complexity index is 1130. The highest BCUT2D eigenvalue weighted by Gasteiger charge is 2.44. The quantitative estimate of drug-likeness (QED) is 0.281. The van der Waals surface area contributed by atoms with E-state index < -0.39 is 18.8 Å². The van der Waals surface area contributed by atoms with Crippen LogP contribution >= 0.6 is 0 Å². The van der Waals surface area contributed by atoms with Crippen molar-refractivity contribution >= 4 is 16.7 Å². The van der Waals surface area contributed by atoms with Gasteiger partial charge in [0.25, 0.3) is 0 Å². The highest BCUT2D eigenvalue weighted by Crippen LogP contribution is 2.43. The third-order valence-electron chi connectivity index (χ3n) is 9.17. The number of carbonyl (C=O) groups is 1. The van der Waals surface area contributed by atoms with Crippen LogP contribution < -0.4 is 4.74 Å². The van der Waals surface area contributed by atoms with E-state index in [1.54, 1.807) is 6.07 Å². The minimum atomic E-state index is -4.16. The zero-order chi connectivity index (χ0) is 27.0. The SMILES string of the molecule is COC(=O)C1CC2CCCC(C1)N2C(C)c1ccc2c(CF)c(O[C@H]3CC[C@@H](C(F)(F)F)CC3)ccc2c1. The molecular weight excluding hydrogens is 498 g/mol. The number of methoxy groups -OCH3 is 1. The molecule has 5 rings (SSSR count). The van der Waals surface area contributed by atoms with Gasteiger partial charge in [-0.25, -0.2) is 4.39 Å². The highest BCUT2D eigenvalue weighted by molar-refractivity contribution is 5.88. The summed E-state index contributed by atoms with van der Waals surface area (Å²) >= 11 is 0. The zero-order valence-corrected chi connectivity index (χ0v) is 22.1. The summed E-state index contributed by atoms with van der Waals surface area (Å²) in [7, 11) is 1.46. The van der Waals surface area contributed by atoms with Crippen LogP contribution in [-0.4, -0.2) is 42.3 Å². The van der Waals surface area contributed by atoms with Crippen LogP contribution in [0.5, 0.6) is 5.75 Å². The van der Waals surface area contributed by atoms with E-state index in [1.165, 1.54) is 13.5 Å². The molecule has 0 radical (unpaired) electrons. The average Bonchev–Trinajstić information content (AvgIpc) is 2.90. The first kappa shape index (κ1) is 27.2. The van der Waals surface area contributed by atoms with E-state index in [0.29, 0.717) is 36.2 Å². The lowest BCUT2D eigenvalue weighted by Crippen LogP contribution is -2.54. The van der Waals surface area contributed by atoms with E-state index in [2.05, 4.69) is 17.9 Å². The summed E-state index contributed by atoms with van der Waals surface area (Å²) in [5.74, 6) is -0.990. The van der Waals surface area contributed by atoms with Crippen molar-refractivity contribution in [3.63, 3.8) is 0 Å². The van der Waals surface area contributed by atoms with Crippen LogP contribution in [0.25, 0.3) is 10.8 Å². The second-order valence-electron chi connectivity index (χ2n) is 11.3. The molecule has 0 N–H and O–H groups in total. The highest BCUT2D eigenvalue weighted by atomic mass is 19.4. The monoisotopic (exact) mass is 535 g/mol. The standard InChI is InChI=1S/C30H37F4NO3/c1-18(35-23-4-3-5-24(35)16-21(15-23)29(36)37-2)19-6-12-26-20(14-19)7-13-28(27(26)17-31)38-25-10-8-22(9-11-25)30(32,33)34/h6-7,12-14,18,21-25H,3-5,8-11,15-17H2,1-2H3/t18?,21?,22-,23?,24?,25+. The number of nitrogens with zero attached hydrogens (tertiary/aromatic N) is 1. The van der Waals surface area contributed by atoms with E-state index in [4.69, 9.17) is 9.47 Å². The normalized spacial score (nSPS) is 29.2. The van der Waals surface area contributed by atoms with Crippen LogP contribution in [0.2, 0.25) is 0 Å². The average molecular weight is 536 g/mol. The lowest BCUT2D eigenvalue weighted by molar-refractivity contribution is -0.185. The van der Waals surface area contributed by atoms with Gasteiger partial charge in [0.2, 0.25) is 0 Å². The number of hydrogen-bond donors (Lipinski definition) is 0. The molecule has 38 heavy (non-hydrogen) atoms. The van der Waals surface area contributed by atoms with Gasteiger partial charge in [0.1, 0.15) is 12.4 Å². The Morgan fingerprint density at radius 3 is 2.32 bits per heavy atom. The Morgan fingerprint density at radius 1 is 1.03 bits per heavy atom. The van der Waals surface area contributed by atoms with Gasteiger partial charge in [0.15, 0.2) is 0 Å². The molecule has 3 aliphatic rings. The van der Waals surface area contributed by atoms with Crippen LogP contribution in [0, 0.1) is 11.8 Å². The maximum atomic E-state index is 14.3. The molecule has 0 aromatic heterocycles. The van der Waals surface area contributed by atoms with Crippen molar-refractivity contribution in [2.75, 3.05) is 7.11 Å². The summed E-state index contributed by atoms with van der Waals surface area (Å²) in [4.78, 5) is 14.8. The molecule has 2 aliphatic heterocycles. The van der Waals surface area contributed by atoms with Gasteiger partial charge < -0.3 is 9.47 Å². The van der Waals surface area contributed by atoms with Gasteiger partial charge in [-0.1, -0.05) is 24.6 Å². The second-order valence-corrected chi connectivity index (χ2v) is 11.3. The van der Waals surface area contributed by atoms with Gasteiger partial charge in [-0.05, 0) is 86.8 Å². The number of fused-ring (bicyclic) bond motifs is 3. The molecule has 3 fully saturated rings. The van der Waals surface area contributed by atoms with E-state index >= 15 is 0 Å². The molecule has 0 spiro atoms. The molecule has 2 bridgehead atoms. The van der Waals surface area contributed by atoms with Crippen molar-refractivity contribution in [2.24, 2.45) is 11.8 Å². The van der Waals surface area contributed by atoms with Gasteiger partial charge in [-0.3, -0.25) is 9.69 Å². The number of piperidine rings is 2. The molecule has 1 aliphatic carbocycles. The van der Waals surface area contributed by atoms with Crippen LogP contribution in [-0.2, 0) is 16.2 Å². The maximum Gasteiger partial charge on any atom is 0.391 e. The molecular formula is C30H37F4NO3. The molecule has 1 saturated carbocycles. The molecule has 2 aromatic rings. The minimum Gasteiger partial charge on any atom is -0.490 e. The number of benzene rings is 2. The van der Waals surface area contributed by atoms with Crippen molar-refractivity contribution in [1.29, 1.82) is 0 Å². The summed E-state index contributed by atoms with van der Waals surface area (Å²) in [5.41, 5.74) is 1.60. The van der Waals surface area contributed by atoms with Crippen molar-refractivity contribution < 1.29 is 31.8 Å². The maximum absolute atomic E-state index is 14.3. The number of hydrogen-bond acceptors (Lipinski definition) is 4. The van der Waals surface area contributed by atoms with Gasteiger partial charge in [-0.2, -0.15) is 13.2 Å². The largest absolute Gasteiger partial charge is 0.490 e. The van der Waals surface area contributed by atoms with Crippen LogP contribution in [0.3, 0.4) is 0 Å². The number of carbonyl (C=O) groups excluding carboxylic acids is 1. The van der Waals surface area contributed by atoms with Crippen LogP contribution in [0.1, 0.15) is 81.9 Å². The Hall–Kier alpha value is -2.35. The third kappa shape index (κ3) is 5.38. The van der Waals surface area contributed by atoms with Crippen LogP contribution in [0.15, 0.2) is 30.3 Å². The number of rotatable bonds is 6. The van der Waals surface area contributed by atoms with Gasteiger partial charge in [-0.15, -0.1) is 0 Å². The Labute approximate surface area is 221 Å². The van der Waals surface area contributed by atoms with E-state index in [0.717, 1.165) is 42.0 Å². The third-order valence-corrected chi connectivity index (χ3v) is 9.17. The fourth-order valence-corrected chi connectivity index (χ4v) is 7.17. The fraction of sp³-hybridized carbons (Fsp3) is 0.633. The molecule has 208 valence electrons. The van der Waals surface area contributed by atoms with Gasteiger partial charge in [0, 0.05) is 23.7 Å².